The van der Waals surface area contributed by atoms with Crippen LogP contribution >= 0.6 is 0 Å². The minimum absolute atomic E-state index is 0.0139. The lowest BCUT2D eigenvalue weighted by atomic mass is 10.1. The molecule has 1 aromatic heterocycles. The van der Waals surface area contributed by atoms with Crippen LogP contribution in [0.4, 0.5) is 0 Å². The van der Waals surface area contributed by atoms with Crippen molar-refractivity contribution >= 4 is 16.9 Å². The molecular formula is C24H32N4O. The predicted octanol–water partition coefficient (Wildman–Crippen LogP) is 4.40. The molecule has 0 aliphatic rings. The molecule has 0 atom stereocenters. The van der Waals surface area contributed by atoms with Crippen molar-refractivity contribution in [1.29, 1.82) is 0 Å². The highest BCUT2D eigenvalue weighted by atomic mass is 16.1. The van der Waals surface area contributed by atoms with E-state index in [0.717, 1.165) is 42.9 Å². The van der Waals surface area contributed by atoms with Gasteiger partial charge < -0.3 is 9.88 Å². The number of amides is 1. The minimum atomic E-state index is -0.0139. The van der Waals surface area contributed by atoms with E-state index in [9.17, 15) is 4.79 Å². The molecule has 0 unspecified atom stereocenters. The molecule has 3 rings (SSSR count). The van der Waals surface area contributed by atoms with Crippen molar-refractivity contribution in [1.82, 2.24) is 19.8 Å². The van der Waals surface area contributed by atoms with E-state index in [4.69, 9.17) is 0 Å². The van der Waals surface area contributed by atoms with Crippen molar-refractivity contribution in [3.8, 4) is 0 Å². The van der Waals surface area contributed by atoms with Gasteiger partial charge >= 0.3 is 0 Å². The number of carbonyl (C=O) groups excluding carboxylic acids is 1. The Bertz CT molecular complexity index is 943. The number of aryl methyl sites for hydroxylation is 2. The van der Waals surface area contributed by atoms with Crippen molar-refractivity contribution in [2.24, 2.45) is 0 Å². The molecule has 5 nitrogen and oxygen atoms in total. The maximum atomic E-state index is 12.4. The molecule has 0 fully saturated rings. The summed E-state index contributed by atoms with van der Waals surface area (Å²) in [6, 6.07) is 16.6. The SMILES string of the molecule is CCN(Cc1ccc(C(=O)NCCCn2c(C)nc3ccccc32)cc1)C(C)C. The van der Waals surface area contributed by atoms with Crippen molar-refractivity contribution in [2.75, 3.05) is 13.1 Å². The third-order valence-corrected chi connectivity index (χ3v) is 5.43. The van der Waals surface area contributed by atoms with Crippen molar-refractivity contribution in [3.05, 3.63) is 65.5 Å². The fraction of sp³-hybridized carbons (Fsp3) is 0.417. The zero-order valence-electron chi connectivity index (χ0n) is 18.0. The summed E-state index contributed by atoms with van der Waals surface area (Å²) in [6.07, 6.45) is 0.866. The van der Waals surface area contributed by atoms with Crippen LogP contribution < -0.4 is 5.32 Å². The van der Waals surface area contributed by atoms with Crippen LogP contribution in [0.25, 0.3) is 11.0 Å². The van der Waals surface area contributed by atoms with E-state index in [1.165, 1.54) is 5.56 Å². The summed E-state index contributed by atoms with van der Waals surface area (Å²) in [4.78, 5) is 19.4. The number of aromatic nitrogens is 2. The van der Waals surface area contributed by atoms with Crippen LogP contribution in [0.2, 0.25) is 0 Å². The van der Waals surface area contributed by atoms with E-state index in [2.05, 4.69) is 58.7 Å². The molecule has 0 aliphatic heterocycles. The topological polar surface area (TPSA) is 50.2 Å². The summed E-state index contributed by atoms with van der Waals surface area (Å²) in [6.45, 7) is 12.0. The number of hydrogen-bond donors (Lipinski definition) is 1. The lowest BCUT2D eigenvalue weighted by molar-refractivity contribution is 0.0952. The first-order valence-electron chi connectivity index (χ1n) is 10.5. The number of fused-ring (bicyclic) bond motifs is 1. The number of benzene rings is 2. The molecule has 5 heteroatoms. The van der Waals surface area contributed by atoms with Gasteiger partial charge in [-0.1, -0.05) is 31.2 Å². The highest BCUT2D eigenvalue weighted by Crippen LogP contribution is 2.15. The van der Waals surface area contributed by atoms with Crippen LogP contribution in [0, 0.1) is 6.92 Å². The number of para-hydroxylation sites is 2. The van der Waals surface area contributed by atoms with Gasteiger partial charge in [-0.2, -0.15) is 0 Å². The molecule has 0 aliphatic carbocycles. The molecule has 0 saturated carbocycles. The fourth-order valence-electron chi connectivity index (χ4n) is 3.67. The summed E-state index contributed by atoms with van der Waals surface area (Å²) in [5.41, 5.74) is 4.12. The van der Waals surface area contributed by atoms with Crippen LogP contribution in [0.15, 0.2) is 48.5 Å². The van der Waals surface area contributed by atoms with Gasteiger partial charge in [-0.15, -0.1) is 0 Å². The Morgan fingerprint density at radius 1 is 1.14 bits per heavy atom. The van der Waals surface area contributed by atoms with Gasteiger partial charge in [-0.25, -0.2) is 4.98 Å². The predicted molar refractivity (Wildman–Crippen MR) is 119 cm³/mol. The number of rotatable bonds is 9. The monoisotopic (exact) mass is 392 g/mol. The Labute approximate surface area is 173 Å². The maximum absolute atomic E-state index is 12.4. The Morgan fingerprint density at radius 3 is 2.55 bits per heavy atom. The first-order valence-corrected chi connectivity index (χ1v) is 10.5. The zero-order valence-corrected chi connectivity index (χ0v) is 18.0. The van der Waals surface area contributed by atoms with E-state index >= 15 is 0 Å². The van der Waals surface area contributed by atoms with Crippen LogP contribution in [-0.2, 0) is 13.1 Å². The molecular weight excluding hydrogens is 360 g/mol. The van der Waals surface area contributed by atoms with Gasteiger partial charge in [0.1, 0.15) is 5.82 Å². The molecule has 0 radical (unpaired) electrons. The van der Waals surface area contributed by atoms with Gasteiger partial charge in [0, 0.05) is 31.2 Å². The summed E-state index contributed by atoms with van der Waals surface area (Å²) in [5, 5.41) is 3.04. The third-order valence-electron chi connectivity index (χ3n) is 5.43. The first kappa shape index (κ1) is 21.1. The van der Waals surface area contributed by atoms with Gasteiger partial charge in [0.2, 0.25) is 0 Å². The summed E-state index contributed by atoms with van der Waals surface area (Å²) in [7, 11) is 0. The largest absolute Gasteiger partial charge is 0.352 e. The first-order chi connectivity index (χ1) is 14.0. The number of nitrogens with one attached hydrogen (secondary N) is 1. The lowest BCUT2D eigenvalue weighted by Gasteiger charge is -2.24. The second-order valence-electron chi connectivity index (χ2n) is 7.76. The van der Waals surface area contributed by atoms with E-state index < -0.39 is 0 Å². The van der Waals surface area contributed by atoms with Crippen molar-refractivity contribution < 1.29 is 4.79 Å². The number of imidazole rings is 1. The van der Waals surface area contributed by atoms with E-state index in [0.29, 0.717) is 18.2 Å². The Kier molecular flexibility index (Phi) is 7.04. The van der Waals surface area contributed by atoms with Gasteiger partial charge in [0.15, 0.2) is 0 Å². The van der Waals surface area contributed by atoms with E-state index in [-0.39, 0.29) is 5.91 Å². The maximum Gasteiger partial charge on any atom is 0.251 e. The van der Waals surface area contributed by atoms with Gasteiger partial charge in [-0.3, -0.25) is 9.69 Å². The summed E-state index contributed by atoms with van der Waals surface area (Å²) >= 11 is 0. The summed E-state index contributed by atoms with van der Waals surface area (Å²) in [5.74, 6) is 0.996. The number of hydrogen-bond acceptors (Lipinski definition) is 3. The van der Waals surface area contributed by atoms with Crippen LogP contribution in [0.5, 0.6) is 0 Å². The van der Waals surface area contributed by atoms with Gasteiger partial charge in [-0.05, 0) is 63.6 Å². The second kappa shape index (κ2) is 9.70. The molecule has 1 amide bonds. The van der Waals surface area contributed by atoms with Gasteiger partial charge in [0.25, 0.3) is 5.91 Å². The lowest BCUT2D eigenvalue weighted by Crippen LogP contribution is -2.30. The molecule has 0 bridgehead atoms. The number of carbonyl (C=O) groups is 1. The Morgan fingerprint density at radius 2 is 1.86 bits per heavy atom. The number of nitrogens with zero attached hydrogens (tertiary/aromatic N) is 3. The Balaban J connectivity index is 1.50. The van der Waals surface area contributed by atoms with E-state index in [1.807, 2.05) is 37.3 Å². The molecule has 0 spiro atoms. The smallest absolute Gasteiger partial charge is 0.251 e. The van der Waals surface area contributed by atoms with E-state index in [1.54, 1.807) is 0 Å². The standard InChI is InChI=1S/C24H32N4O/c1-5-27(18(2)3)17-20-11-13-21(14-12-20)24(29)25-15-8-16-28-19(4)26-22-9-6-7-10-23(22)28/h6-7,9-14,18H,5,8,15-17H2,1-4H3,(H,25,29). The Hall–Kier alpha value is -2.66. The molecule has 2 aromatic carbocycles. The van der Waals surface area contributed by atoms with Crippen LogP contribution in [-0.4, -0.2) is 39.5 Å². The minimum Gasteiger partial charge on any atom is -0.352 e. The average molecular weight is 393 g/mol. The molecule has 29 heavy (non-hydrogen) atoms. The molecule has 3 aromatic rings. The molecule has 1 heterocycles. The molecule has 154 valence electrons. The quantitative estimate of drug-likeness (QED) is 0.549. The van der Waals surface area contributed by atoms with Crippen molar-refractivity contribution in [2.45, 2.75) is 53.2 Å². The normalized spacial score (nSPS) is 11.5. The highest BCUT2D eigenvalue weighted by molar-refractivity contribution is 5.94. The fourth-order valence-corrected chi connectivity index (χ4v) is 3.67. The van der Waals surface area contributed by atoms with Crippen LogP contribution in [0.1, 0.15) is 48.9 Å². The van der Waals surface area contributed by atoms with Gasteiger partial charge in [0.05, 0.1) is 11.0 Å². The molecule has 0 saturated heterocycles. The third kappa shape index (κ3) is 5.24. The van der Waals surface area contributed by atoms with Crippen LogP contribution in [0.3, 0.4) is 0 Å². The average Bonchev–Trinajstić information content (AvgIpc) is 3.04. The summed E-state index contributed by atoms with van der Waals surface area (Å²) < 4.78 is 2.21. The van der Waals surface area contributed by atoms with Crippen molar-refractivity contribution in [3.63, 3.8) is 0 Å². The highest BCUT2D eigenvalue weighted by Gasteiger charge is 2.10. The molecule has 1 N–H and O–H groups in total. The second-order valence-corrected chi connectivity index (χ2v) is 7.76. The zero-order chi connectivity index (χ0) is 20.8.